The Bertz CT molecular complexity index is 3000. The molecule has 0 spiro atoms. The fraction of sp³-hybridized carbons (Fsp3) is 0.100. The third-order valence-corrected chi connectivity index (χ3v) is 12.9. The Hall–Kier alpha value is -7.42. The van der Waals surface area contributed by atoms with Gasteiger partial charge in [0, 0.05) is 34.4 Å². The first-order valence-corrected chi connectivity index (χ1v) is 22.2. The summed E-state index contributed by atoms with van der Waals surface area (Å²) in [7, 11) is 0. The molecule has 1 aliphatic carbocycles. The summed E-state index contributed by atoms with van der Waals surface area (Å²) in [6, 6.07) is 75.7. The Labute approximate surface area is 365 Å². The van der Waals surface area contributed by atoms with Crippen LogP contribution in [0.5, 0.6) is 0 Å². The van der Waals surface area contributed by atoms with Gasteiger partial charge < -0.3 is 9.80 Å². The van der Waals surface area contributed by atoms with Gasteiger partial charge in [0.05, 0.1) is 6.04 Å². The van der Waals surface area contributed by atoms with Crippen LogP contribution < -0.4 is 9.80 Å². The van der Waals surface area contributed by atoms with Crippen molar-refractivity contribution in [3.8, 4) is 33.4 Å². The molecule has 62 heavy (non-hydrogen) atoms. The normalized spacial score (nSPS) is 15.4. The van der Waals surface area contributed by atoms with Crippen LogP contribution in [0.2, 0.25) is 0 Å². The topological polar surface area (TPSA) is 6.48 Å². The molecule has 2 atom stereocenters. The zero-order valence-corrected chi connectivity index (χ0v) is 35.0. The van der Waals surface area contributed by atoms with Gasteiger partial charge in [0.15, 0.2) is 0 Å². The second-order valence-electron chi connectivity index (χ2n) is 16.7. The lowest BCUT2D eigenvalue weighted by molar-refractivity contribution is 0.719. The maximum absolute atomic E-state index is 2.58. The van der Waals surface area contributed by atoms with E-state index in [2.05, 4.69) is 241 Å². The molecule has 2 nitrogen and oxygen atoms in total. The minimum Gasteiger partial charge on any atom is -0.333 e. The van der Waals surface area contributed by atoms with E-state index in [9.17, 15) is 0 Å². The van der Waals surface area contributed by atoms with Crippen molar-refractivity contribution in [2.24, 2.45) is 0 Å². The Morgan fingerprint density at radius 1 is 0.468 bits per heavy atom. The molecule has 298 valence electrons. The van der Waals surface area contributed by atoms with Crippen molar-refractivity contribution in [1.29, 1.82) is 0 Å². The highest BCUT2D eigenvalue weighted by molar-refractivity contribution is 6.21. The molecule has 0 saturated heterocycles. The van der Waals surface area contributed by atoms with Crippen LogP contribution in [0.1, 0.15) is 37.7 Å². The quantitative estimate of drug-likeness (QED) is 0.127. The first kappa shape index (κ1) is 37.6. The highest BCUT2D eigenvalue weighted by Crippen LogP contribution is 2.51. The number of fused-ring (bicyclic) bond motifs is 5. The number of anilines is 5. The molecular weight excluding hydrogens is 749 g/mol. The summed E-state index contributed by atoms with van der Waals surface area (Å²) >= 11 is 0. The molecule has 0 N–H and O–H groups in total. The number of unbranched alkanes of at least 4 members (excludes halogenated alkanes) is 1. The van der Waals surface area contributed by atoms with Crippen LogP contribution >= 0.6 is 0 Å². The summed E-state index contributed by atoms with van der Waals surface area (Å²) in [6.07, 6.45) is 10.9. The van der Waals surface area contributed by atoms with E-state index in [-0.39, 0.29) is 12.0 Å². The van der Waals surface area contributed by atoms with E-state index < -0.39 is 0 Å². The van der Waals surface area contributed by atoms with E-state index in [1.54, 1.807) is 0 Å². The monoisotopic (exact) mass is 796 g/mol. The summed E-state index contributed by atoms with van der Waals surface area (Å²) in [5, 5.41) is 5.11. The number of benzene rings is 9. The molecule has 2 heteroatoms. The smallest absolute Gasteiger partial charge is 0.0629 e. The van der Waals surface area contributed by atoms with Crippen LogP contribution in [-0.2, 0) is 0 Å². The van der Waals surface area contributed by atoms with Crippen molar-refractivity contribution in [2.75, 3.05) is 9.80 Å². The van der Waals surface area contributed by atoms with Gasteiger partial charge in [-0.05, 0) is 134 Å². The van der Waals surface area contributed by atoms with Crippen LogP contribution in [-0.4, -0.2) is 6.04 Å². The minimum absolute atomic E-state index is 0.205. The molecule has 0 fully saturated rings. The zero-order valence-electron chi connectivity index (χ0n) is 35.0. The maximum atomic E-state index is 2.58. The molecular formula is C60H48N2. The average Bonchev–Trinajstić information content (AvgIpc) is 3.67. The molecule has 0 aromatic heterocycles. The molecule has 0 radical (unpaired) electrons. The number of allylic oxidation sites excluding steroid dienone is 2. The van der Waals surface area contributed by atoms with E-state index in [1.165, 1.54) is 90.3 Å². The third kappa shape index (κ3) is 6.69. The molecule has 11 rings (SSSR count). The first-order chi connectivity index (χ1) is 30.7. The second-order valence-corrected chi connectivity index (χ2v) is 16.7. The zero-order chi connectivity index (χ0) is 41.4. The van der Waals surface area contributed by atoms with E-state index in [0.29, 0.717) is 0 Å². The summed E-state index contributed by atoms with van der Waals surface area (Å²) < 4.78 is 0. The van der Waals surface area contributed by atoms with E-state index >= 15 is 0 Å². The molecule has 1 heterocycles. The van der Waals surface area contributed by atoms with Crippen LogP contribution in [0, 0.1) is 0 Å². The van der Waals surface area contributed by atoms with Crippen LogP contribution in [0.4, 0.5) is 28.4 Å². The van der Waals surface area contributed by atoms with E-state index in [1.807, 2.05) is 0 Å². The van der Waals surface area contributed by atoms with Crippen molar-refractivity contribution in [2.45, 2.75) is 38.1 Å². The molecule has 2 aliphatic rings. The van der Waals surface area contributed by atoms with Crippen molar-refractivity contribution >= 4 is 50.0 Å². The molecule has 2 unspecified atom stereocenters. The molecule has 9 aromatic rings. The molecule has 1 aliphatic heterocycles. The Kier molecular flexibility index (Phi) is 9.83. The highest BCUT2D eigenvalue weighted by Gasteiger charge is 2.38. The third-order valence-electron chi connectivity index (χ3n) is 12.9. The summed E-state index contributed by atoms with van der Waals surface area (Å²) in [4.78, 5) is 4.90. The predicted molar refractivity (Wildman–Crippen MR) is 264 cm³/mol. The largest absolute Gasteiger partial charge is 0.333 e. The molecule has 0 saturated carbocycles. The van der Waals surface area contributed by atoms with E-state index in [0.717, 1.165) is 23.5 Å². The fourth-order valence-corrected chi connectivity index (χ4v) is 10.0. The van der Waals surface area contributed by atoms with Crippen LogP contribution in [0.3, 0.4) is 0 Å². The van der Waals surface area contributed by atoms with Crippen molar-refractivity contribution in [3.05, 3.63) is 236 Å². The second kappa shape index (κ2) is 16.2. The van der Waals surface area contributed by atoms with Gasteiger partial charge in [-0.25, -0.2) is 0 Å². The van der Waals surface area contributed by atoms with E-state index in [4.69, 9.17) is 0 Å². The minimum atomic E-state index is 0.205. The fourth-order valence-electron chi connectivity index (χ4n) is 10.0. The molecule has 0 amide bonds. The standard InChI is InChI=1S/C60H48N2/c1-2-3-17-42-28-38-57-55(40-42)56-41-46(43-29-34-49(35-30-43)61(47-20-9-5-10-21-47)48-22-11-6-12-23-48)33-39-58(56)62(57)50-36-31-45(32-37-50)60-53-26-15-13-24-51(53)59(44-18-7-4-8-19-44)52-25-14-16-27-54(52)60/h4-16,18-41,55,57H,2-3,17H2,1H3. The van der Waals surface area contributed by atoms with Gasteiger partial charge in [-0.3, -0.25) is 0 Å². The summed E-state index contributed by atoms with van der Waals surface area (Å²) in [5.74, 6) is 0.269. The SMILES string of the molecule is CCCCC1=CC2c3cc(-c4ccc(N(c5ccccc5)c5ccccc5)cc4)ccc3N(c3ccc(-c4c5ccccc5c(-c5ccccc5)c5ccccc45)cc3)C2C=C1. The average molecular weight is 797 g/mol. The predicted octanol–water partition coefficient (Wildman–Crippen LogP) is 16.8. The lowest BCUT2D eigenvalue weighted by atomic mass is 9.85. The number of hydrogen-bond donors (Lipinski definition) is 0. The Morgan fingerprint density at radius 2 is 0.952 bits per heavy atom. The van der Waals surface area contributed by atoms with Gasteiger partial charge in [-0.15, -0.1) is 0 Å². The van der Waals surface area contributed by atoms with Crippen molar-refractivity contribution < 1.29 is 0 Å². The van der Waals surface area contributed by atoms with Crippen molar-refractivity contribution in [1.82, 2.24) is 0 Å². The lowest BCUT2D eigenvalue weighted by Crippen LogP contribution is -2.29. The van der Waals surface area contributed by atoms with Gasteiger partial charge in [0.25, 0.3) is 0 Å². The summed E-state index contributed by atoms with van der Waals surface area (Å²) in [5.41, 5.74) is 16.3. The number of hydrogen-bond acceptors (Lipinski definition) is 2. The lowest BCUT2D eigenvalue weighted by Gasteiger charge is -2.30. The van der Waals surface area contributed by atoms with Gasteiger partial charge in [0.1, 0.15) is 0 Å². The van der Waals surface area contributed by atoms with Gasteiger partial charge >= 0.3 is 0 Å². The molecule has 0 bridgehead atoms. The van der Waals surface area contributed by atoms with Crippen LogP contribution in [0.25, 0.3) is 54.9 Å². The Morgan fingerprint density at radius 3 is 1.52 bits per heavy atom. The number of rotatable bonds is 10. The first-order valence-electron chi connectivity index (χ1n) is 22.2. The Balaban J connectivity index is 0.973. The van der Waals surface area contributed by atoms with Gasteiger partial charge in [0.2, 0.25) is 0 Å². The van der Waals surface area contributed by atoms with Gasteiger partial charge in [-0.1, -0.05) is 183 Å². The number of nitrogens with zero attached hydrogens (tertiary/aromatic N) is 2. The summed E-state index contributed by atoms with van der Waals surface area (Å²) in [6.45, 7) is 2.28. The maximum Gasteiger partial charge on any atom is 0.0629 e. The number of para-hydroxylation sites is 2. The molecule has 9 aromatic carbocycles. The van der Waals surface area contributed by atoms with Crippen molar-refractivity contribution in [3.63, 3.8) is 0 Å². The van der Waals surface area contributed by atoms with Gasteiger partial charge in [-0.2, -0.15) is 0 Å². The highest BCUT2D eigenvalue weighted by atomic mass is 15.2. The van der Waals surface area contributed by atoms with Crippen LogP contribution in [0.15, 0.2) is 230 Å².